The van der Waals surface area contributed by atoms with E-state index in [1.165, 1.54) is 18.3 Å². The Morgan fingerprint density at radius 2 is 2.16 bits per heavy atom. The van der Waals surface area contributed by atoms with Gasteiger partial charge in [-0.25, -0.2) is 8.91 Å². The minimum absolute atomic E-state index is 0.159. The van der Waals surface area contributed by atoms with Crippen molar-refractivity contribution in [3.8, 4) is 0 Å². The number of nitrogens with zero attached hydrogens (tertiary/aromatic N) is 4. The van der Waals surface area contributed by atoms with Crippen molar-refractivity contribution < 1.29 is 9.18 Å². The second kappa shape index (κ2) is 6.16. The number of anilines is 1. The lowest BCUT2D eigenvalue weighted by Gasteiger charge is -1.99. The van der Waals surface area contributed by atoms with Crippen LogP contribution in [0.2, 0.25) is 0 Å². The molecule has 0 spiro atoms. The zero-order chi connectivity index (χ0) is 17.2. The normalized spacial score (nSPS) is 10.9. The molecule has 1 amide bonds. The predicted octanol–water partition coefficient (Wildman–Crippen LogP) is 2.43. The second-order valence-corrected chi connectivity index (χ2v) is 5.46. The number of amides is 1. The van der Waals surface area contributed by atoms with Crippen molar-refractivity contribution in [3.05, 3.63) is 77.6 Å². The van der Waals surface area contributed by atoms with Crippen LogP contribution in [0.15, 0.2) is 54.9 Å². The summed E-state index contributed by atoms with van der Waals surface area (Å²) in [6.45, 7) is 0. The Morgan fingerprint density at radius 3 is 3.04 bits per heavy atom. The van der Waals surface area contributed by atoms with Crippen molar-refractivity contribution in [3.63, 3.8) is 0 Å². The molecule has 25 heavy (non-hydrogen) atoms. The summed E-state index contributed by atoms with van der Waals surface area (Å²) >= 11 is 0. The average molecular weight is 336 g/mol. The summed E-state index contributed by atoms with van der Waals surface area (Å²) in [6.07, 6.45) is 3.64. The van der Waals surface area contributed by atoms with E-state index in [2.05, 4.69) is 25.6 Å². The van der Waals surface area contributed by atoms with Crippen LogP contribution >= 0.6 is 0 Å². The van der Waals surface area contributed by atoms with Crippen molar-refractivity contribution in [2.24, 2.45) is 0 Å². The molecular formula is C17H13FN6O. The Balaban J connectivity index is 1.50. The number of fused-ring (bicyclic) bond motifs is 1. The van der Waals surface area contributed by atoms with Crippen LogP contribution in [0.25, 0.3) is 5.52 Å². The Morgan fingerprint density at radius 1 is 1.24 bits per heavy atom. The molecule has 0 radical (unpaired) electrons. The molecule has 0 atom stereocenters. The van der Waals surface area contributed by atoms with Gasteiger partial charge in [-0.3, -0.25) is 15.2 Å². The van der Waals surface area contributed by atoms with Crippen LogP contribution in [-0.4, -0.2) is 30.7 Å². The van der Waals surface area contributed by atoms with Crippen LogP contribution in [0.3, 0.4) is 0 Å². The molecule has 124 valence electrons. The molecule has 7 nitrogen and oxygen atoms in total. The molecule has 4 rings (SSSR count). The maximum absolute atomic E-state index is 13.2. The minimum atomic E-state index is -0.350. The summed E-state index contributed by atoms with van der Waals surface area (Å²) in [4.78, 5) is 16.6. The third-order valence-corrected chi connectivity index (χ3v) is 3.69. The van der Waals surface area contributed by atoms with Gasteiger partial charge in [-0.2, -0.15) is 10.1 Å². The third kappa shape index (κ3) is 3.09. The van der Waals surface area contributed by atoms with Gasteiger partial charge in [0.05, 0.1) is 17.3 Å². The smallest absolute Gasteiger partial charge is 0.261 e. The van der Waals surface area contributed by atoms with E-state index in [4.69, 9.17) is 0 Å². The molecular weight excluding hydrogens is 323 g/mol. The number of carbonyl (C=O) groups is 1. The number of hydrogen-bond donors (Lipinski definition) is 2. The number of benzene rings is 1. The summed E-state index contributed by atoms with van der Waals surface area (Å²) in [6, 6.07) is 11.7. The van der Waals surface area contributed by atoms with E-state index in [1.807, 2.05) is 12.1 Å². The zero-order valence-corrected chi connectivity index (χ0v) is 13.0. The molecule has 3 aromatic heterocycles. The molecule has 3 heterocycles. The third-order valence-electron chi connectivity index (χ3n) is 3.69. The van der Waals surface area contributed by atoms with Crippen molar-refractivity contribution in [1.82, 2.24) is 24.8 Å². The van der Waals surface area contributed by atoms with Gasteiger partial charge in [0.2, 0.25) is 5.95 Å². The lowest BCUT2D eigenvalue weighted by Crippen LogP contribution is -2.12. The molecule has 0 aliphatic heterocycles. The van der Waals surface area contributed by atoms with Crippen LogP contribution in [0.5, 0.6) is 0 Å². The second-order valence-electron chi connectivity index (χ2n) is 5.46. The maximum Gasteiger partial charge on any atom is 0.261 e. The number of hydrogen-bond acceptors (Lipinski definition) is 4. The number of H-pyrrole nitrogens is 1. The first-order valence-corrected chi connectivity index (χ1v) is 7.58. The van der Waals surface area contributed by atoms with E-state index in [1.54, 1.807) is 28.9 Å². The summed E-state index contributed by atoms with van der Waals surface area (Å²) < 4.78 is 14.8. The fourth-order valence-electron chi connectivity index (χ4n) is 2.55. The highest BCUT2D eigenvalue weighted by Crippen LogP contribution is 2.13. The summed E-state index contributed by atoms with van der Waals surface area (Å²) in [5.74, 6) is 0.0311. The molecule has 2 N–H and O–H groups in total. The number of aromatic nitrogens is 5. The van der Waals surface area contributed by atoms with Gasteiger partial charge < -0.3 is 0 Å². The lowest BCUT2D eigenvalue weighted by molar-refractivity contribution is 0.102. The number of halogens is 1. The van der Waals surface area contributed by atoms with Gasteiger partial charge in [0, 0.05) is 12.6 Å². The number of pyridine rings is 1. The van der Waals surface area contributed by atoms with Crippen LogP contribution in [0.1, 0.15) is 21.7 Å². The lowest BCUT2D eigenvalue weighted by atomic mass is 10.1. The van der Waals surface area contributed by atoms with Crippen LogP contribution in [-0.2, 0) is 6.42 Å². The van der Waals surface area contributed by atoms with E-state index in [0.29, 0.717) is 23.3 Å². The monoisotopic (exact) mass is 336 g/mol. The Labute approximate surface area is 141 Å². The fourth-order valence-corrected chi connectivity index (χ4v) is 2.55. The highest BCUT2D eigenvalue weighted by Gasteiger charge is 2.14. The van der Waals surface area contributed by atoms with Gasteiger partial charge in [-0.05, 0) is 29.8 Å². The van der Waals surface area contributed by atoms with Crippen molar-refractivity contribution >= 4 is 17.4 Å². The Hall–Kier alpha value is -3.55. The average Bonchev–Trinajstić information content (AvgIpc) is 3.21. The topological polar surface area (TPSA) is 88.0 Å². The highest BCUT2D eigenvalue weighted by molar-refractivity contribution is 6.08. The molecule has 4 aromatic rings. The first-order chi connectivity index (χ1) is 12.2. The highest BCUT2D eigenvalue weighted by atomic mass is 19.1. The van der Waals surface area contributed by atoms with Crippen molar-refractivity contribution in [2.75, 3.05) is 5.32 Å². The van der Waals surface area contributed by atoms with E-state index in [-0.39, 0.29) is 17.7 Å². The molecule has 0 aliphatic rings. The first-order valence-electron chi connectivity index (χ1n) is 7.58. The van der Waals surface area contributed by atoms with Crippen molar-refractivity contribution in [1.29, 1.82) is 0 Å². The quantitative estimate of drug-likeness (QED) is 0.599. The van der Waals surface area contributed by atoms with E-state index >= 15 is 0 Å². The zero-order valence-electron chi connectivity index (χ0n) is 13.0. The largest absolute Gasteiger partial charge is 0.289 e. The molecule has 0 bridgehead atoms. The van der Waals surface area contributed by atoms with Gasteiger partial charge in [0.25, 0.3) is 5.91 Å². The molecule has 0 aliphatic carbocycles. The first kappa shape index (κ1) is 15.0. The number of rotatable bonds is 4. The van der Waals surface area contributed by atoms with E-state index in [9.17, 15) is 9.18 Å². The number of aromatic amines is 1. The van der Waals surface area contributed by atoms with Gasteiger partial charge in [-0.15, -0.1) is 5.10 Å². The van der Waals surface area contributed by atoms with Gasteiger partial charge >= 0.3 is 0 Å². The summed E-state index contributed by atoms with van der Waals surface area (Å²) in [7, 11) is 0. The van der Waals surface area contributed by atoms with E-state index in [0.717, 1.165) is 5.56 Å². The minimum Gasteiger partial charge on any atom is -0.289 e. The number of nitrogens with one attached hydrogen (secondary N) is 2. The van der Waals surface area contributed by atoms with Crippen molar-refractivity contribution in [2.45, 2.75) is 6.42 Å². The molecule has 1 aromatic carbocycles. The molecule has 0 unspecified atom stereocenters. The van der Waals surface area contributed by atoms with Crippen LogP contribution in [0.4, 0.5) is 10.3 Å². The molecule has 0 fully saturated rings. The van der Waals surface area contributed by atoms with Crippen LogP contribution < -0.4 is 5.32 Å². The molecule has 8 heteroatoms. The SMILES string of the molecule is O=C(Nc1n[nH]c(Cc2cccc(F)c2)n1)c1cnn2ccccc12. The predicted molar refractivity (Wildman–Crippen MR) is 88.7 cm³/mol. The fraction of sp³-hybridized carbons (Fsp3) is 0.0588. The Kier molecular flexibility index (Phi) is 3.70. The van der Waals surface area contributed by atoms with Gasteiger partial charge in [-0.1, -0.05) is 18.2 Å². The van der Waals surface area contributed by atoms with Crippen LogP contribution in [0, 0.1) is 5.82 Å². The van der Waals surface area contributed by atoms with Gasteiger partial charge in [0.1, 0.15) is 11.6 Å². The standard InChI is InChI=1S/C17H13FN6O/c18-12-5-3-4-11(8-12)9-15-20-17(23-22-15)21-16(25)13-10-19-24-7-2-1-6-14(13)24/h1-8,10H,9H2,(H2,20,21,22,23,25). The van der Waals surface area contributed by atoms with Gasteiger partial charge in [0.15, 0.2) is 0 Å². The Bertz CT molecular complexity index is 1050. The summed E-state index contributed by atoms with van der Waals surface area (Å²) in [5.41, 5.74) is 1.88. The maximum atomic E-state index is 13.2. The van der Waals surface area contributed by atoms with E-state index < -0.39 is 0 Å². The summed E-state index contributed by atoms with van der Waals surface area (Å²) in [5, 5.41) is 13.5. The molecule has 0 saturated heterocycles. The number of carbonyl (C=O) groups excluding carboxylic acids is 1. The molecule has 0 saturated carbocycles.